The number of benzene rings is 1. The first-order chi connectivity index (χ1) is 16.1. The molecule has 1 aromatic carbocycles. The highest BCUT2D eigenvalue weighted by Gasteiger charge is 2.39. The Kier molecular flexibility index (Phi) is 9.11. The maximum Gasteiger partial charge on any atom is 0.200 e. The minimum absolute atomic E-state index is 0.0624. The van der Waals surface area contributed by atoms with Crippen molar-refractivity contribution in [3.8, 4) is 5.75 Å². The first-order valence-corrected chi connectivity index (χ1v) is 14.2. The van der Waals surface area contributed by atoms with Crippen LogP contribution in [0, 0.1) is 41.2 Å². The zero-order valence-electron chi connectivity index (χ0n) is 21.1. The van der Waals surface area contributed by atoms with E-state index in [4.69, 9.17) is 4.74 Å². The van der Waals surface area contributed by atoms with E-state index in [9.17, 15) is 8.78 Å². The first-order valence-electron chi connectivity index (χ1n) is 14.2. The highest BCUT2D eigenvalue weighted by atomic mass is 19.2. The van der Waals surface area contributed by atoms with E-state index in [0.29, 0.717) is 18.1 Å². The van der Waals surface area contributed by atoms with E-state index in [-0.39, 0.29) is 11.7 Å². The molecule has 3 aliphatic carbocycles. The minimum Gasteiger partial charge on any atom is -0.490 e. The van der Waals surface area contributed by atoms with Crippen LogP contribution in [0.3, 0.4) is 0 Å². The Morgan fingerprint density at radius 3 is 2.12 bits per heavy atom. The highest BCUT2D eigenvalue weighted by Crippen LogP contribution is 2.51. The maximum atomic E-state index is 14.9. The lowest BCUT2D eigenvalue weighted by Gasteiger charge is -2.45. The Bertz CT molecular complexity index is 739. The molecule has 0 bridgehead atoms. The predicted octanol–water partition coefficient (Wildman–Crippen LogP) is 9.44. The second kappa shape index (κ2) is 12.0. The van der Waals surface area contributed by atoms with Crippen molar-refractivity contribution in [2.75, 3.05) is 6.61 Å². The number of ether oxygens (including phenoxy) is 1. The normalized spacial score (nSPS) is 32.4. The summed E-state index contributed by atoms with van der Waals surface area (Å²) in [6.07, 6.45) is 19.5. The van der Waals surface area contributed by atoms with Crippen LogP contribution >= 0.6 is 0 Å². The lowest BCUT2D eigenvalue weighted by Crippen LogP contribution is -2.34. The Hall–Kier alpha value is -1.12. The largest absolute Gasteiger partial charge is 0.490 e. The molecule has 4 unspecified atom stereocenters. The molecule has 0 heterocycles. The van der Waals surface area contributed by atoms with Crippen LogP contribution in [0.15, 0.2) is 12.1 Å². The molecule has 0 aromatic heterocycles. The van der Waals surface area contributed by atoms with Gasteiger partial charge in [-0.15, -0.1) is 0 Å². The maximum absolute atomic E-state index is 14.9. The average molecular weight is 461 g/mol. The molecule has 3 fully saturated rings. The number of halogens is 2. The summed E-state index contributed by atoms with van der Waals surface area (Å²) in [7, 11) is 0. The summed E-state index contributed by atoms with van der Waals surface area (Å²) in [6, 6.07) is 3.43. The Morgan fingerprint density at radius 1 is 0.727 bits per heavy atom. The topological polar surface area (TPSA) is 9.23 Å². The fraction of sp³-hybridized carbons (Fsp3) is 0.800. The molecule has 0 amide bonds. The van der Waals surface area contributed by atoms with Gasteiger partial charge in [0.25, 0.3) is 0 Å². The van der Waals surface area contributed by atoms with Gasteiger partial charge in [-0.3, -0.25) is 0 Å². The highest BCUT2D eigenvalue weighted by molar-refractivity contribution is 5.33. The molecule has 33 heavy (non-hydrogen) atoms. The summed E-state index contributed by atoms with van der Waals surface area (Å²) in [5.74, 6) is 3.13. The SMILES string of the molecule is CCCCCC1CCC(C2CCC3CC(c4ccc(OCCC)c(F)c4F)CCC3C2)CC1. The van der Waals surface area contributed by atoms with Gasteiger partial charge in [0.2, 0.25) is 5.82 Å². The molecule has 1 nitrogen and oxygen atoms in total. The summed E-state index contributed by atoms with van der Waals surface area (Å²) >= 11 is 0. The molecular weight excluding hydrogens is 414 g/mol. The zero-order valence-corrected chi connectivity index (χ0v) is 21.1. The number of unbranched alkanes of at least 4 members (excludes halogenated alkanes) is 2. The monoisotopic (exact) mass is 460 g/mol. The molecule has 0 spiro atoms. The van der Waals surface area contributed by atoms with Crippen molar-refractivity contribution in [2.24, 2.45) is 29.6 Å². The van der Waals surface area contributed by atoms with Gasteiger partial charge in [0.05, 0.1) is 6.61 Å². The summed E-state index contributed by atoms with van der Waals surface area (Å²) in [5.41, 5.74) is 0.582. The molecule has 4 atom stereocenters. The van der Waals surface area contributed by atoms with E-state index in [2.05, 4.69) is 6.92 Å². The average Bonchev–Trinajstić information content (AvgIpc) is 2.85. The van der Waals surface area contributed by atoms with Gasteiger partial charge in [0.1, 0.15) is 0 Å². The number of hydrogen-bond acceptors (Lipinski definition) is 1. The third-order valence-electron chi connectivity index (χ3n) is 9.41. The molecule has 4 rings (SSSR count). The number of rotatable bonds is 9. The molecule has 1 aromatic rings. The van der Waals surface area contributed by atoms with Gasteiger partial charge >= 0.3 is 0 Å². The van der Waals surface area contributed by atoms with Crippen LogP contribution in [-0.2, 0) is 0 Å². The van der Waals surface area contributed by atoms with Crippen molar-refractivity contribution in [1.82, 2.24) is 0 Å². The number of hydrogen-bond donors (Lipinski definition) is 0. The van der Waals surface area contributed by atoms with E-state index < -0.39 is 11.6 Å². The van der Waals surface area contributed by atoms with E-state index >= 15 is 0 Å². The van der Waals surface area contributed by atoms with Gasteiger partial charge in [0, 0.05) is 0 Å². The van der Waals surface area contributed by atoms with Gasteiger partial charge < -0.3 is 4.74 Å². The molecule has 0 radical (unpaired) electrons. The standard InChI is InChI=1S/C30H46F2O/c1-3-5-6-7-21-8-10-22(11-9-21)23-12-13-25-20-26(15-14-24(25)19-23)27-16-17-28(33-18-4-2)30(32)29(27)31/h16-17,21-26H,3-15,18-20H2,1-2H3. The van der Waals surface area contributed by atoms with Gasteiger partial charge in [-0.1, -0.05) is 58.4 Å². The third kappa shape index (κ3) is 6.12. The molecule has 3 saturated carbocycles. The van der Waals surface area contributed by atoms with Crippen molar-refractivity contribution in [3.63, 3.8) is 0 Å². The summed E-state index contributed by atoms with van der Waals surface area (Å²) in [4.78, 5) is 0. The van der Waals surface area contributed by atoms with Crippen LogP contribution in [0.2, 0.25) is 0 Å². The first kappa shape index (κ1) is 25.0. The van der Waals surface area contributed by atoms with Crippen molar-refractivity contribution in [3.05, 3.63) is 29.3 Å². The molecule has 3 aliphatic rings. The Balaban J connectivity index is 1.28. The second-order valence-corrected chi connectivity index (χ2v) is 11.5. The lowest BCUT2D eigenvalue weighted by atomic mass is 9.60. The van der Waals surface area contributed by atoms with Crippen LogP contribution in [0.4, 0.5) is 8.78 Å². The molecule has 3 heteroatoms. The summed E-state index contributed by atoms with van der Waals surface area (Å²) in [5, 5.41) is 0. The van der Waals surface area contributed by atoms with Gasteiger partial charge in [-0.2, -0.15) is 4.39 Å². The fourth-order valence-electron chi connectivity index (χ4n) is 7.45. The van der Waals surface area contributed by atoms with Gasteiger partial charge in [-0.05, 0) is 105 Å². The minimum atomic E-state index is -0.794. The summed E-state index contributed by atoms with van der Waals surface area (Å²) < 4.78 is 34.8. The number of fused-ring (bicyclic) bond motifs is 1. The van der Waals surface area contributed by atoms with E-state index in [1.165, 1.54) is 77.0 Å². The van der Waals surface area contributed by atoms with Crippen molar-refractivity contribution in [1.29, 1.82) is 0 Å². The molecule has 186 valence electrons. The van der Waals surface area contributed by atoms with Crippen LogP contribution < -0.4 is 4.74 Å². The fourth-order valence-corrected chi connectivity index (χ4v) is 7.45. The summed E-state index contributed by atoms with van der Waals surface area (Å²) in [6.45, 7) is 4.69. The molecular formula is C30H46F2O. The van der Waals surface area contributed by atoms with Gasteiger partial charge in [-0.25, -0.2) is 4.39 Å². The predicted molar refractivity (Wildman–Crippen MR) is 133 cm³/mol. The Morgan fingerprint density at radius 2 is 1.39 bits per heavy atom. The van der Waals surface area contributed by atoms with Crippen LogP contribution in [0.1, 0.15) is 122 Å². The van der Waals surface area contributed by atoms with Gasteiger partial charge in [0.15, 0.2) is 11.6 Å². The second-order valence-electron chi connectivity index (χ2n) is 11.5. The van der Waals surface area contributed by atoms with Crippen LogP contribution in [0.5, 0.6) is 5.75 Å². The Labute approximate surface area is 201 Å². The van der Waals surface area contributed by atoms with Crippen molar-refractivity contribution >= 4 is 0 Å². The van der Waals surface area contributed by atoms with Crippen LogP contribution in [0.25, 0.3) is 0 Å². The quantitative estimate of drug-likeness (QED) is 0.333. The van der Waals surface area contributed by atoms with Crippen molar-refractivity contribution in [2.45, 2.75) is 116 Å². The van der Waals surface area contributed by atoms with E-state index in [0.717, 1.165) is 42.9 Å². The smallest absolute Gasteiger partial charge is 0.200 e. The van der Waals surface area contributed by atoms with Crippen molar-refractivity contribution < 1.29 is 13.5 Å². The zero-order chi connectivity index (χ0) is 23.2. The van der Waals surface area contributed by atoms with E-state index in [1.54, 1.807) is 12.1 Å². The lowest BCUT2D eigenvalue weighted by molar-refractivity contribution is 0.0705. The molecule has 0 aliphatic heterocycles. The van der Waals surface area contributed by atoms with Crippen LogP contribution in [-0.4, -0.2) is 6.61 Å². The molecule has 0 N–H and O–H groups in total. The third-order valence-corrected chi connectivity index (χ3v) is 9.41. The molecule has 0 saturated heterocycles. The van der Waals surface area contributed by atoms with E-state index in [1.807, 2.05) is 6.92 Å².